The van der Waals surface area contributed by atoms with Crippen LogP contribution in [-0.4, -0.2) is 68.5 Å². The molecule has 2 saturated heterocycles. The van der Waals surface area contributed by atoms with Crippen molar-refractivity contribution in [3.05, 3.63) is 65.3 Å². The van der Waals surface area contributed by atoms with E-state index >= 15 is 0 Å². The van der Waals surface area contributed by atoms with Crippen LogP contribution in [0.15, 0.2) is 54.7 Å². The number of halogens is 1. The monoisotopic (exact) mass is 604 g/mol. The molecule has 0 amide bonds. The lowest BCUT2D eigenvalue weighted by Crippen LogP contribution is -2.58. The average molecular weight is 605 g/mol. The van der Waals surface area contributed by atoms with Gasteiger partial charge in [0.25, 0.3) is 0 Å². The summed E-state index contributed by atoms with van der Waals surface area (Å²) in [5.41, 5.74) is 4.35. The first kappa shape index (κ1) is 28.8. The van der Waals surface area contributed by atoms with Crippen LogP contribution in [0.25, 0.3) is 10.8 Å². The highest BCUT2D eigenvalue weighted by molar-refractivity contribution is 7.71. The number of nitrogens with one attached hydrogen (secondary N) is 2. The first-order valence-corrected chi connectivity index (χ1v) is 17.3. The van der Waals surface area contributed by atoms with Crippen molar-refractivity contribution in [2.45, 2.75) is 19.8 Å². The van der Waals surface area contributed by atoms with E-state index < -0.39 is 7.14 Å². The molecular weight excluding hydrogens is 567 g/mol. The maximum absolute atomic E-state index is 13.4. The lowest BCUT2D eigenvalue weighted by molar-refractivity contribution is 0.00130. The van der Waals surface area contributed by atoms with Crippen LogP contribution in [0.1, 0.15) is 18.4 Å². The number of aryl methyl sites for hydroxylation is 1. The summed E-state index contributed by atoms with van der Waals surface area (Å²) in [6.45, 7) is 10.2. The van der Waals surface area contributed by atoms with Crippen molar-refractivity contribution in [3.8, 4) is 5.75 Å². The third-order valence-corrected chi connectivity index (χ3v) is 10.4. The molecule has 0 saturated carbocycles. The number of nitrogens with zero attached hydrogens (tertiary/aromatic N) is 4. The molecule has 0 aliphatic carbocycles. The predicted octanol–water partition coefficient (Wildman–Crippen LogP) is 6.87. The lowest BCUT2D eigenvalue weighted by Gasteiger charge is -2.53. The average Bonchev–Trinajstić information content (AvgIpc) is 2.94. The summed E-state index contributed by atoms with van der Waals surface area (Å²) in [4.78, 5) is 14.0. The van der Waals surface area contributed by atoms with Crippen LogP contribution in [0.4, 0.5) is 28.8 Å². The van der Waals surface area contributed by atoms with Crippen LogP contribution in [0.5, 0.6) is 5.75 Å². The van der Waals surface area contributed by atoms with E-state index in [1.807, 2.05) is 36.4 Å². The minimum Gasteiger partial charge on any atom is -0.494 e. The second-order valence-electron chi connectivity index (χ2n) is 12.2. The number of hydrogen-bond acceptors (Lipinski definition) is 8. The number of likely N-dealkylation sites (tertiary alicyclic amines) is 1. The minimum atomic E-state index is -2.65. The Kier molecular flexibility index (Phi) is 7.58. The molecule has 2 N–H and O–H groups in total. The van der Waals surface area contributed by atoms with E-state index in [0.29, 0.717) is 27.9 Å². The van der Waals surface area contributed by atoms with Crippen molar-refractivity contribution in [2.75, 3.05) is 69.2 Å². The van der Waals surface area contributed by atoms with Crippen LogP contribution in [0.2, 0.25) is 5.02 Å². The number of aromatic nitrogens is 2. The van der Waals surface area contributed by atoms with Gasteiger partial charge in [-0.3, -0.25) is 0 Å². The number of piperidine rings is 1. The van der Waals surface area contributed by atoms with Gasteiger partial charge in [-0.25, -0.2) is 4.98 Å². The van der Waals surface area contributed by atoms with E-state index in [1.165, 1.54) is 31.6 Å². The van der Waals surface area contributed by atoms with Crippen LogP contribution >= 0.6 is 18.7 Å². The van der Waals surface area contributed by atoms with Gasteiger partial charge in [-0.2, -0.15) is 4.98 Å². The Balaban J connectivity index is 1.26. The summed E-state index contributed by atoms with van der Waals surface area (Å²) in [5, 5.41) is 9.78. The Labute approximate surface area is 252 Å². The Bertz CT molecular complexity index is 1690. The normalized spacial score (nSPS) is 16.9. The molecule has 42 heavy (non-hydrogen) atoms. The fourth-order valence-corrected chi connectivity index (χ4v) is 8.25. The van der Waals surface area contributed by atoms with Crippen molar-refractivity contribution >= 4 is 63.6 Å². The van der Waals surface area contributed by atoms with Crippen LogP contribution < -0.4 is 25.6 Å². The number of benzene rings is 3. The van der Waals surface area contributed by atoms with Crippen LogP contribution in [0, 0.1) is 12.3 Å². The third-order valence-electron chi connectivity index (χ3n) is 8.58. The van der Waals surface area contributed by atoms with Crippen molar-refractivity contribution in [1.29, 1.82) is 0 Å². The van der Waals surface area contributed by atoms with Crippen molar-refractivity contribution < 1.29 is 9.30 Å². The summed E-state index contributed by atoms with van der Waals surface area (Å²) in [6.07, 6.45) is 4.00. The highest BCUT2D eigenvalue weighted by Gasteiger charge is 2.43. The summed E-state index contributed by atoms with van der Waals surface area (Å²) < 4.78 is 19.2. The molecule has 2 aliphatic heterocycles. The molecule has 2 aliphatic rings. The molecule has 3 aromatic carbocycles. The number of rotatable bonds is 7. The van der Waals surface area contributed by atoms with Gasteiger partial charge in [0.2, 0.25) is 5.95 Å². The smallest absolute Gasteiger partial charge is 0.229 e. The van der Waals surface area contributed by atoms with Gasteiger partial charge in [-0.1, -0.05) is 41.9 Å². The van der Waals surface area contributed by atoms with Crippen molar-refractivity contribution in [1.82, 2.24) is 14.9 Å². The maximum Gasteiger partial charge on any atom is 0.229 e. The molecular formula is C32H38ClN6O2P. The zero-order valence-corrected chi connectivity index (χ0v) is 26.5. The van der Waals surface area contributed by atoms with E-state index in [0.717, 1.165) is 46.2 Å². The molecule has 1 aromatic heterocycles. The van der Waals surface area contributed by atoms with Gasteiger partial charge in [0.15, 0.2) is 5.82 Å². The second kappa shape index (κ2) is 11.1. The maximum atomic E-state index is 13.4. The molecule has 4 aromatic rings. The Morgan fingerprint density at radius 2 is 1.76 bits per heavy atom. The van der Waals surface area contributed by atoms with Gasteiger partial charge >= 0.3 is 0 Å². The molecule has 2 fully saturated rings. The highest BCUT2D eigenvalue weighted by atomic mass is 35.5. The standard InChI is InChI=1S/C32H38ClN6O2P/c1-21-16-26(28(41-3)17-27(21)39-14-12-32(13-15-39)19-38(2)20-32)36-31-34-18-24(33)30(37-31)35-25-11-10-22-8-6-7-9-23(22)29(25)42(4,5)40/h6-11,16-18H,12-15,19-20H2,1-5H3,(H2,34,35,36,37). The van der Waals surface area contributed by atoms with E-state index in [4.69, 9.17) is 21.3 Å². The van der Waals surface area contributed by atoms with Crippen molar-refractivity contribution in [3.63, 3.8) is 0 Å². The van der Waals surface area contributed by atoms with Crippen LogP contribution in [0.3, 0.4) is 0 Å². The summed E-state index contributed by atoms with van der Waals surface area (Å²) >= 11 is 6.55. The van der Waals surface area contributed by atoms with Gasteiger partial charge in [-0.05, 0) is 74.0 Å². The Morgan fingerprint density at radius 1 is 1.02 bits per heavy atom. The van der Waals surface area contributed by atoms with E-state index in [1.54, 1.807) is 26.6 Å². The fourth-order valence-electron chi connectivity index (χ4n) is 6.62. The zero-order valence-electron chi connectivity index (χ0n) is 24.9. The molecule has 0 atom stereocenters. The number of anilines is 5. The number of fused-ring (bicyclic) bond motifs is 1. The molecule has 0 radical (unpaired) electrons. The topological polar surface area (TPSA) is 82.6 Å². The molecule has 220 valence electrons. The van der Waals surface area contributed by atoms with Gasteiger partial charge in [0.05, 0.1) is 24.7 Å². The number of hydrogen-bond donors (Lipinski definition) is 2. The van der Waals surface area contributed by atoms with E-state index in [2.05, 4.69) is 51.5 Å². The largest absolute Gasteiger partial charge is 0.494 e. The van der Waals surface area contributed by atoms with Crippen LogP contribution in [-0.2, 0) is 4.57 Å². The van der Waals surface area contributed by atoms with Gasteiger partial charge < -0.3 is 29.7 Å². The highest BCUT2D eigenvalue weighted by Crippen LogP contribution is 2.44. The number of ether oxygens (including phenoxy) is 1. The third kappa shape index (κ3) is 5.56. The first-order chi connectivity index (χ1) is 20.0. The SMILES string of the molecule is COc1cc(N2CCC3(CC2)CN(C)C3)c(C)cc1Nc1ncc(Cl)c(Nc2ccc3ccccc3c2P(C)(C)=O)n1. The predicted molar refractivity (Wildman–Crippen MR) is 176 cm³/mol. The quantitative estimate of drug-likeness (QED) is 0.221. The molecule has 0 bridgehead atoms. The summed E-state index contributed by atoms with van der Waals surface area (Å²) in [7, 11) is 1.24. The summed E-state index contributed by atoms with van der Waals surface area (Å²) in [5.74, 6) is 1.53. The van der Waals surface area contributed by atoms with E-state index in [-0.39, 0.29) is 0 Å². The zero-order chi connectivity index (χ0) is 29.6. The summed E-state index contributed by atoms with van der Waals surface area (Å²) in [6, 6.07) is 16.1. The minimum absolute atomic E-state index is 0.362. The molecule has 10 heteroatoms. The molecule has 6 rings (SSSR count). The van der Waals surface area contributed by atoms with Crippen molar-refractivity contribution in [2.24, 2.45) is 5.41 Å². The first-order valence-electron chi connectivity index (χ1n) is 14.3. The number of methoxy groups -OCH3 is 1. The van der Waals surface area contributed by atoms with Gasteiger partial charge in [-0.15, -0.1) is 0 Å². The Morgan fingerprint density at radius 3 is 2.45 bits per heavy atom. The fraction of sp³-hybridized carbons (Fsp3) is 0.375. The van der Waals surface area contributed by atoms with Gasteiger partial charge in [0.1, 0.15) is 17.9 Å². The van der Waals surface area contributed by atoms with Gasteiger partial charge in [0, 0.05) is 43.2 Å². The lowest BCUT2D eigenvalue weighted by atomic mass is 9.72. The molecule has 8 nitrogen and oxygen atoms in total. The Hall–Kier alpha value is -3.32. The molecule has 1 spiro atoms. The molecule has 0 unspecified atom stereocenters. The second-order valence-corrected chi connectivity index (χ2v) is 15.7. The van der Waals surface area contributed by atoms with E-state index in [9.17, 15) is 4.57 Å². The molecule has 3 heterocycles.